The second-order valence-corrected chi connectivity index (χ2v) is 7.24. The minimum absolute atomic E-state index is 0.0299. The Labute approximate surface area is 153 Å². The molecule has 0 radical (unpaired) electrons. The van der Waals surface area contributed by atoms with Crippen LogP contribution in [-0.4, -0.2) is 48.3 Å². The number of hydrogen-bond donors (Lipinski definition) is 3. The zero-order valence-corrected chi connectivity index (χ0v) is 15.1. The molecule has 0 bridgehead atoms. The standard InChI is InChI=1S/C19H26N4O3/c1-13-7-9-23(10-8-13)12-18(25)21-15-4-2-3-14(11-15)20-16-5-6-17(24)22-19(16)26/h2-4,11,13,16,20H,5-10,12H2,1H3,(H,21,25)(H,22,24,26). The van der Waals surface area contributed by atoms with Gasteiger partial charge in [0, 0.05) is 17.8 Å². The van der Waals surface area contributed by atoms with Crippen LogP contribution in [0.4, 0.5) is 11.4 Å². The molecular weight excluding hydrogens is 332 g/mol. The molecular formula is C19H26N4O3. The monoisotopic (exact) mass is 358 g/mol. The fourth-order valence-electron chi connectivity index (χ4n) is 3.34. The minimum atomic E-state index is -0.436. The van der Waals surface area contributed by atoms with Crippen LogP contribution in [0, 0.1) is 5.92 Å². The summed E-state index contributed by atoms with van der Waals surface area (Å²) in [4.78, 5) is 37.5. The first-order valence-corrected chi connectivity index (χ1v) is 9.22. The lowest BCUT2D eigenvalue weighted by atomic mass is 9.99. The third kappa shape index (κ3) is 5.05. The number of likely N-dealkylation sites (tertiary alicyclic amines) is 1. The van der Waals surface area contributed by atoms with E-state index in [1.807, 2.05) is 18.2 Å². The van der Waals surface area contributed by atoms with Crippen molar-refractivity contribution in [2.75, 3.05) is 30.3 Å². The predicted octanol–water partition coefficient (Wildman–Crippen LogP) is 1.57. The second kappa shape index (κ2) is 8.31. The quantitative estimate of drug-likeness (QED) is 0.695. The first-order valence-electron chi connectivity index (χ1n) is 9.22. The normalized spacial score (nSPS) is 22.0. The van der Waals surface area contributed by atoms with Gasteiger partial charge in [0.15, 0.2) is 0 Å². The molecule has 26 heavy (non-hydrogen) atoms. The number of imide groups is 1. The molecule has 1 unspecified atom stereocenters. The van der Waals surface area contributed by atoms with Crippen LogP contribution in [0.2, 0.25) is 0 Å². The number of nitrogens with zero attached hydrogens (tertiary/aromatic N) is 1. The molecule has 1 aromatic carbocycles. The molecule has 1 aromatic rings. The predicted molar refractivity (Wildman–Crippen MR) is 99.7 cm³/mol. The molecule has 2 aliphatic heterocycles. The fraction of sp³-hybridized carbons (Fsp3) is 0.526. The van der Waals surface area contributed by atoms with E-state index >= 15 is 0 Å². The van der Waals surface area contributed by atoms with Gasteiger partial charge in [0.25, 0.3) is 0 Å². The zero-order chi connectivity index (χ0) is 18.5. The van der Waals surface area contributed by atoms with Crippen LogP contribution < -0.4 is 16.0 Å². The average molecular weight is 358 g/mol. The summed E-state index contributed by atoms with van der Waals surface area (Å²) in [5.74, 6) is 0.165. The molecule has 3 amide bonds. The van der Waals surface area contributed by atoms with Crippen molar-refractivity contribution in [3.05, 3.63) is 24.3 Å². The maximum atomic E-state index is 12.3. The molecule has 0 aliphatic carbocycles. The molecule has 7 nitrogen and oxygen atoms in total. The SMILES string of the molecule is CC1CCN(CC(=O)Nc2cccc(NC3CCC(=O)NC3=O)c2)CC1. The van der Waals surface area contributed by atoms with Gasteiger partial charge in [-0.2, -0.15) is 0 Å². The van der Waals surface area contributed by atoms with Gasteiger partial charge in [-0.1, -0.05) is 13.0 Å². The van der Waals surface area contributed by atoms with Crippen LogP contribution in [0.25, 0.3) is 0 Å². The van der Waals surface area contributed by atoms with E-state index in [1.54, 1.807) is 6.07 Å². The summed E-state index contributed by atoms with van der Waals surface area (Å²) in [7, 11) is 0. The van der Waals surface area contributed by atoms with Gasteiger partial charge in [-0.3, -0.25) is 24.6 Å². The summed E-state index contributed by atoms with van der Waals surface area (Å²) in [5.41, 5.74) is 1.43. The number of hydrogen-bond acceptors (Lipinski definition) is 5. The van der Waals surface area contributed by atoms with E-state index in [-0.39, 0.29) is 17.7 Å². The maximum Gasteiger partial charge on any atom is 0.249 e. The summed E-state index contributed by atoms with van der Waals surface area (Å²) in [6.07, 6.45) is 3.07. The van der Waals surface area contributed by atoms with Gasteiger partial charge in [-0.05, 0) is 56.5 Å². The number of carbonyl (C=O) groups excluding carboxylic acids is 3. The Morgan fingerprint density at radius 1 is 1.19 bits per heavy atom. The topological polar surface area (TPSA) is 90.5 Å². The lowest BCUT2D eigenvalue weighted by Crippen LogP contribution is -2.47. The smallest absolute Gasteiger partial charge is 0.249 e. The molecule has 0 spiro atoms. The van der Waals surface area contributed by atoms with E-state index in [9.17, 15) is 14.4 Å². The minimum Gasteiger partial charge on any atom is -0.374 e. The van der Waals surface area contributed by atoms with E-state index in [0.29, 0.717) is 25.1 Å². The highest BCUT2D eigenvalue weighted by Gasteiger charge is 2.26. The largest absolute Gasteiger partial charge is 0.374 e. The van der Waals surface area contributed by atoms with Gasteiger partial charge < -0.3 is 10.6 Å². The Kier molecular flexibility index (Phi) is 5.88. The highest BCUT2D eigenvalue weighted by Crippen LogP contribution is 2.19. The van der Waals surface area contributed by atoms with Crippen molar-refractivity contribution in [2.24, 2.45) is 5.92 Å². The molecule has 7 heteroatoms. The highest BCUT2D eigenvalue weighted by atomic mass is 16.2. The molecule has 0 aromatic heterocycles. The molecule has 3 N–H and O–H groups in total. The lowest BCUT2D eigenvalue weighted by molar-refractivity contribution is -0.133. The van der Waals surface area contributed by atoms with Gasteiger partial charge in [0.1, 0.15) is 6.04 Å². The average Bonchev–Trinajstić information content (AvgIpc) is 2.60. The Balaban J connectivity index is 1.53. The van der Waals surface area contributed by atoms with E-state index in [0.717, 1.165) is 37.5 Å². The van der Waals surface area contributed by atoms with Crippen LogP contribution in [-0.2, 0) is 14.4 Å². The molecule has 2 fully saturated rings. The third-order valence-corrected chi connectivity index (χ3v) is 4.97. The van der Waals surface area contributed by atoms with Crippen LogP contribution >= 0.6 is 0 Å². The zero-order valence-electron chi connectivity index (χ0n) is 15.1. The van der Waals surface area contributed by atoms with Crippen molar-refractivity contribution in [1.82, 2.24) is 10.2 Å². The summed E-state index contributed by atoms with van der Waals surface area (Å²) in [5, 5.41) is 8.38. The molecule has 0 saturated carbocycles. The molecule has 140 valence electrons. The summed E-state index contributed by atoms with van der Waals surface area (Å²) < 4.78 is 0. The van der Waals surface area contributed by atoms with Crippen molar-refractivity contribution < 1.29 is 14.4 Å². The van der Waals surface area contributed by atoms with Crippen LogP contribution in [0.3, 0.4) is 0 Å². The van der Waals surface area contributed by atoms with Crippen LogP contribution in [0.15, 0.2) is 24.3 Å². The number of amides is 3. The van der Waals surface area contributed by atoms with Crippen molar-refractivity contribution in [3.8, 4) is 0 Å². The number of nitrogens with one attached hydrogen (secondary N) is 3. The number of benzene rings is 1. The van der Waals surface area contributed by atoms with Gasteiger partial charge in [-0.15, -0.1) is 0 Å². The van der Waals surface area contributed by atoms with Crippen molar-refractivity contribution >= 4 is 29.1 Å². The first-order chi connectivity index (χ1) is 12.5. The number of rotatable bonds is 5. The van der Waals surface area contributed by atoms with Gasteiger partial charge in [-0.25, -0.2) is 0 Å². The highest BCUT2D eigenvalue weighted by molar-refractivity contribution is 6.01. The molecule has 2 heterocycles. The van der Waals surface area contributed by atoms with Crippen LogP contribution in [0.5, 0.6) is 0 Å². The number of carbonyl (C=O) groups is 3. The maximum absolute atomic E-state index is 12.3. The number of piperidine rings is 2. The first kappa shape index (κ1) is 18.4. The molecule has 3 rings (SSSR count). The lowest BCUT2D eigenvalue weighted by Gasteiger charge is -2.29. The van der Waals surface area contributed by atoms with Gasteiger partial charge >= 0.3 is 0 Å². The molecule has 1 atom stereocenters. The third-order valence-electron chi connectivity index (χ3n) is 4.97. The molecule has 2 saturated heterocycles. The van der Waals surface area contributed by atoms with Crippen LogP contribution in [0.1, 0.15) is 32.6 Å². The Morgan fingerprint density at radius 3 is 2.65 bits per heavy atom. The molecule has 2 aliphatic rings. The number of anilines is 2. The Hall–Kier alpha value is -2.41. The second-order valence-electron chi connectivity index (χ2n) is 7.24. The van der Waals surface area contributed by atoms with E-state index < -0.39 is 6.04 Å². The van der Waals surface area contributed by atoms with E-state index in [1.165, 1.54) is 0 Å². The summed E-state index contributed by atoms with van der Waals surface area (Å²) >= 11 is 0. The van der Waals surface area contributed by atoms with Crippen molar-refractivity contribution in [2.45, 2.75) is 38.6 Å². The fourth-order valence-corrected chi connectivity index (χ4v) is 3.34. The van der Waals surface area contributed by atoms with Crippen molar-refractivity contribution in [1.29, 1.82) is 0 Å². The Morgan fingerprint density at radius 2 is 1.92 bits per heavy atom. The summed E-state index contributed by atoms with van der Waals surface area (Å²) in [6.45, 7) is 4.58. The summed E-state index contributed by atoms with van der Waals surface area (Å²) in [6, 6.07) is 6.86. The van der Waals surface area contributed by atoms with E-state index in [4.69, 9.17) is 0 Å². The van der Waals surface area contributed by atoms with E-state index in [2.05, 4.69) is 27.8 Å². The van der Waals surface area contributed by atoms with Gasteiger partial charge in [0.05, 0.1) is 6.54 Å². The van der Waals surface area contributed by atoms with Crippen molar-refractivity contribution in [3.63, 3.8) is 0 Å². The van der Waals surface area contributed by atoms with Gasteiger partial charge in [0.2, 0.25) is 17.7 Å². The Bertz CT molecular complexity index is 683.